The molecule has 0 fully saturated rings. The van der Waals surface area contributed by atoms with Gasteiger partial charge in [0, 0.05) is 5.02 Å². The molecule has 0 saturated heterocycles. The second-order valence-corrected chi connectivity index (χ2v) is 6.07. The first-order chi connectivity index (χ1) is 9.51. The molecule has 2 aromatic carbocycles. The van der Waals surface area contributed by atoms with E-state index in [0.29, 0.717) is 37.1 Å². The van der Waals surface area contributed by atoms with Gasteiger partial charge in [0.15, 0.2) is 6.29 Å². The smallest absolute Gasteiger partial charge is 0.153 e. The Labute approximate surface area is 139 Å². The topological polar surface area (TPSA) is 26.3 Å². The van der Waals surface area contributed by atoms with Crippen molar-refractivity contribution in [2.45, 2.75) is 6.61 Å². The van der Waals surface area contributed by atoms with Crippen molar-refractivity contribution < 1.29 is 9.53 Å². The molecule has 0 heterocycles. The molecule has 6 heteroatoms. The first kappa shape index (κ1) is 15.6. The Morgan fingerprint density at radius 2 is 1.85 bits per heavy atom. The molecule has 0 spiro atoms. The standard InChI is InChI=1S/C14H8BrCl3O2/c15-11-5-10(16)4-9(6-19)14(11)20-7-8-1-2-12(17)13(18)3-8/h1-6H,7H2. The highest BCUT2D eigenvalue weighted by molar-refractivity contribution is 9.10. The van der Waals surface area contributed by atoms with Crippen molar-refractivity contribution in [2.24, 2.45) is 0 Å². The highest BCUT2D eigenvalue weighted by Crippen LogP contribution is 2.32. The first-order valence-corrected chi connectivity index (χ1v) is 7.45. The maximum atomic E-state index is 11.0. The number of rotatable bonds is 4. The average Bonchev–Trinajstić information content (AvgIpc) is 2.40. The van der Waals surface area contributed by atoms with E-state index >= 15 is 0 Å². The summed E-state index contributed by atoms with van der Waals surface area (Å²) >= 11 is 21.0. The largest absolute Gasteiger partial charge is 0.487 e. The van der Waals surface area contributed by atoms with Crippen LogP contribution in [0.2, 0.25) is 15.1 Å². The molecule has 0 aliphatic rings. The van der Waals surface area contributed by atoms with E-state index < -0.39 is 0 Å². The van der Waals surface area contributed by atoms with Crippen molar-refractivity contribution in [1.82, 2.24) is 0 Å². The van der Waals surface area contributed by atoms with Crippen LogP contribution in [0.4, 0.5) is 0 Å². The number of carbonyl (C=O) groups excluding carboxylic acids is 1. The molecule has 0 aromatic heterocycles. The molecule has 0 aliphatic heterocycles. The SMILES string of the molecule is O=Cc1cc(Cl)cc(Br)c1OCc1ccc(Cl)c(Cl)c1. The van der Waals surface area contributed by atoms with Gasteiger partial charge in [0.25, 0.3) is 0 Å². The molecule has 2 rings (SSSR count). The van der Waals surface area contributed by atoms with Gasteiger partial charge in [-0.2, -0.15) is 0 Å². The number of aldehydes is 1. The van der Waals surface area contributed by atoms with Crippen molar-refractivity contribution in [2.75, 3.05) is 0 Å². The monoisotopic (exact) mass is 392 g/mol. The molecule has 2 aromatic rings. The lowest BCUT2D eigenvalue weighted by atomic mass is 10.2. The van der Waals surface area contributed by atoms with Crippen LogP contribution in [0.3, 0.4) is 0 Å². The Hall–Kier alpha value is -0.740. The maximum absolute atomic E-state index is 11.0. The Morgan fingerprint density at radius 1 is 1.10 bits per heavy atom. The summed E-state index contributed by atoms with van der Waals surface area (Å²) < 4.78 is 6.27. The van der Waals surface area contributed by atoms with E-state index in [0.717, 1.165) is 5.56 Å². The van der Waals surface area contributed by atoms with Gasteiger partial charge in [0.1, 0.15) is 12.4 Å². The van der Waals surface area contributed by atoms with Gasteiger partial charge in [-0.3, -0.25) is 4.79 Å². The Kier molecular flexibility index (Phi) is 5.33. The fourth-order valence-corrected chi connectivity index (χ4v) is 2.87. The lowest BCUT2D eigenvalue weighted by Crippen LogP contribution is -1.99. The van der Waals surface area contributed by atoms with Gasteiger partial charge in [0.2, 0.25) is 0 Å². The van der Waals surface area contributed by atoms with E-state index in [-0.39, 0.29) is 6.61 Å². The fraction of sp³-hybridized carbons (Fsp3) is 0.0714. The number of hydrogen-bond donors (Lipinski definition) is 0. The molecule has 0 bridgehead atoms. The van der Waals surface area contributed by atoms with E-state index in [9.17, 15) is 4.79 Å². The van der Waals surface area contributed by atoms with E-state index in [1.807, 2.05) is 0 Å². The quantitative estimate of drug-likeness (QED) is 0.613. The summed E-state index contributed by atoms with van der Waals surface area (Å²) in [6.07, 6.45) is 0.695. The summed E-state index contributed by atoms with van der Waals surface area (Å²) in [5.41, 5.74) is 1.22. The van der Waals surface area contributed by atoms with Gasteiger partial charge in [0.05, 0.1) is 20.1 Å². The molecular weight excluding hydrogens is 386 g/mol. The van der Waals surface area contributed by atoms with Crippen molar-refractivity contribution >= 4 is 57.0 Å². The van der Waals surface area contributed by atoms with Crippen LogP contribution in [0.25, 0.3) is 0 Å². The fourth-order valence-electron chi connectivity index (χ4n) is 1.60. The summed E-state index contributed by atoms with van der Waals surface area (Å²) in [7, 11) is 0. The molecule has 0 unspecified atom stereocenters. The van der Waals surface area contributed by atoms with Crippen molar-refractivity contribution in [1.29, 1.82) is 0 Å². The molecule has 0 atom stereocenters. The predicted octanol–water partition coefficient (Wildman–Crippen LogP) is 5.80. The van der Waals surface area contributed by atoms with Gasteiger partial charge in [-0.05, 0) is 45.8 Å². The third-order valence-electron chi connectivity index (χ3n) is 2.53. The first-order valence-electron chi connectivity index (χ1n) is 5.52. The molecule has 0 radical (unpaired) electrons. The van der Waals surface area contributed by atoms with Crippen molar-refractivity contribution in [3.63, 3.8) is 0 Å². The molecule has 0 aliphatic carbocycles. The van der Waals surface area contributed by atoms with Gasteiger partial charge in [-0.15, -0.1) is 0 Å². The highest BCUT2D eigenvalue weighted by atomic mass is 79.9. The van der Waals surface area contributed by atoms with E-state index in [2.05, 4.69) is 15.9 Å². The number of hydrogen-bond acceptors (Lipinski definition) is 2. The second-order valence-electron chi connectivity index (χ2n) is 3.96. The normalized spacial score (nSPS) is 10.4. The summed E-state index contributed by atoms with van der Waals surface area (Å²) in [5, 5.41) is 1.40. The van der Waals surface area contributed by atoms with Crippen LogP contribution >= 0.6 is 50.7 Å². The molecule has 0 N–H and O–H groups in total. The number of carbonyl (C=O) groups is 1. The molecule has 0 saturated carbocycles. The van der Waals surface area contributed by atoms with E-state index in [1.54, 1.807) is 30.3 Å². The van der Waals surface area contributed by atoms with E-state index in [1.165, 1.54) is 0 Å². The Balaban J connectivity index is 2.22. The van der Waals surface area contributed by atoms with Crippen molar-refractivity contribution in [3.8, 4) is 5.75 Å². The third-order valence-corrected chi connectivity index (χ3v) is 4.08. The van der Waals surface area contributed by atoms with Crippen LogP contribution in [-0.2, 0) is 6.61 Å². The zero-order valence-corrected chi connectivity index (χ0v) is 13.9. The van der Waals surface area contributed by atoms with Crippen LogP contribution in [0, 0.1) is 0 Å². The zero-order valence-electron chi connectivity index (χ0n) is 10.00. The minimum atomic E-state index is 0.262. The second kappa shape index (κ2) is 6.81. The van der Waals surface area contributed by atoms with Crippen LogP contribution in [0.1, 0.15) is 15.9 Å². The van der Waals surface area contributed by atoms with Crippen LogP contribution in [-0.4, -0.2) is 6.29 Å². The van der Waals surface area contributed by atoms with Gasteiger partial charge >= 0.3 is 0 Å². The van der Waals surface area contributed by atoms with Crippen LogP contribution in [0.15, 0.2) is 34.8 Å². The highest BCUT2D eigenvalue weighted by Gasteiger charge is 2.10. The number of ether oxygens (including phenoxy) is 1. The number of benzene rings is 2. The van der Waals surface area contributed by atoms with Crippen LogP contribution < -0.4 is 4.74 Å². The summed E-state index contributed by atoms with van der Waals surface area (Å²) in [4.78, 5) is 11.0. The summed E-state index contributed by atoms with van der Waals surface area (Å²) in [6.45, 7) is 0.262. The minimum Gasteiger partial charge on any atom is -0.487 e. The summed E-state index contributed by atoms with van der Waals surface area (Å²) in [6, 6.07) is 8.43. The number of halogens is 4. The molecule has 2 nitrogen and oxygen atoms in total. The van der Waals surface area contributed by atoms with E-state index in [4.69, 9.17) is 39.5 Å². The zero-order chi connectivity index (χ0) is 14.7. The molecular formula is C14H8BrCl3O2. The average molecular weight is 394 g/mol. The molecule has 0 amide bonds. The lowest BCUT2D eigenvalue weighted by Gasteiger charge is -2.11. The summed E-state index contributed by atoms with van der Waals surface area (Å²) in [5.74, 6) is 0.440. The minimum absolute atomic E-state index is 0.262. The Morgan fingerprint density at radius 3 is 2.50 bits per heavy atom. The van der Waals surface area contributed by atoms with Crippen molar-refractivity contribution in [3.05, 3.63) is 61.0 Å². The lowest BCUT2D eigenvalue weighted by molar-refractivity contribution is 0.111. The molecule has 104 valence electrons. The maximum Gasteiger partial charge on any atom is 0.153 e. The third kappa shape index (κ3) is 3.67. The van der Waals surface area contributed by atoms with Gasteiger partial charge in [-0.1, -0.05) is 40.9 Å². The van der Waals surface area contributed by atoms with Gasteiger partial charge < -0.3 is 4.74 Å². The Bertz CT molecular complexity index is 659. The van der Waals surface area contributed by atoms with Crippen LogP contribution in [0.5, 0.6) is 5.75 Å². The predicted molar refractivity (Wildman–Crippen MR) is 85.3 cm³/mol. The van der Waals surface area contributed by atoms with Gasteiger partial charge in [-0.25, -0.2) is 0 Å². The molecule has 20 heavy (non-hydrogen) atoms.